The molecule has 1 aliphatic heterocycles. The van der Waals surface area contributed by atoms with E-state index in [0.717, 1.165) is 16.6 Å². The Labute approximate surface area is 127 Å². The van der Waals surface area contributed by atoms with E-state index < -0.39 is 0 Å². The number of rotatable bonds is 1. The first-order chi connectivity index (χ1) is 10.7. The molecular formula is C18H12N2O2. The van der Waals surface area contributed by atoms with E-state index in [1.54, 1.807) is 30.3 Å². The fourth-order valence-corrected chi connectivity index (χ4v) is 2.88. The van der Waals surface area contributed by atoms with Crippen LogP contribution in [0.5, 0.6) is 0 Å². The zero-order valence-electron chi connectivity index (χ0n) is 11.9. The molecule has 1 aliphatic rings. The molecule has 0 aliphatic carbocycles. The third-order valence-electron chi connectivity index (χ3n) is 3.86. The van der Waals surface area contributed by atoms with Gasteiger partial charge in [0.15, 0.2) is 0 Å². The van der Waals surface area contributed by atoms with E-state index in [1.807, 2.05) is 31.2 Å². The number of imide groups is 1. The standard InChI is InChI=1S/C18H12N2O2/c1-11-10-16(14-8-4-5-9-15(14)19-11)20-17(21)12-6-2-3-7-13(12)18(20)22/h2-10H,1H3. The Morgan fingerprint density at radius 1 is 0.864 bits per heavy atom. The smallest absolute Gasteiger partial charge is 0.266 e. The first-order valence-corrected chi connectivity index (χ1v) is 7.01. The molecule has 0 N–H and O–H groups in total. The highest BCUT2D eigenvalue weighted by Crippen LogP contribution is 2.33. The summed E-state index contributed by atoms with van der Waals surface area (Å²) < 4.78 is 0. The number of amides is 2. The molecule has 4 heteroatoms. The number of para-hydroxylation sites is 1. The van der Waals surface area contributed by atoms with E-state index in [1.165, 1.54) is 4.90 Å². The molecule has 0 atom stereocenters. The first-order valence-electron chi connectivity index (χ1n) is 7.01. The molecule has 0 bridgehead atoms. The highest BCUT2D eigenvalue weighted by molar-refractivity contribution is 6.35. The summed E-state index contributed by atoms with van der Waals surface area (Å²) in [7, 11) is 0. The molecule has 0 saturated carbocycles. The summed E-state index contributed by atoms with van der Waals surface area (Å²) in [6.45, 7) is 1.86. The fraction of sp³-hybridized carbons (Fsp3) is 0.0556. The maximum absolute atomic E-state index is 12.6. The number of hydrogen-bond donors (Lipinski definition) is 0. The summed E-state index contributed by atoms with van der Waals surface area (Å²) in [5.41, 5.74) is 3.03. The Kier molecular flexibility index (Phi) is 2.60. The minimum absolute atomic E-state index is 0.281. The zero-order valence-corrected chi connectivity index (χ0v) is 11.9. The van der Waals surface area contributed by atoms with Crippen LogP contribution < -0.4 is 4.90 Å². The number of benzene rings is 2. The molecule has 0 spiro atoms. The summed E-state index contributed by atoms with van der Waals surface area (Å²) in [4.78, 5) is 31.0. The Bertz CT molecular complexity index is 912. The van der Waals surface area contributed by atoms with Crippen LogP contribution in [0.1, 0.15) is 26.4 Å². The van der Waals surface area contributed by atoms with Crippen LogP contribution in [0.2, 0.25) is 0 Å². The van der Waals surface area contributed by atoms with E-state index >= 15 is 0 Å². The fourth-order valence-electron chi connectivity index (χ4n) is 2.88. The van der Waals surface area contributed by atoms with Gasteiger partial charge in [0, 0.05) is 11.1 Å². The van der Waals surface area contributed by atoms with Crippen molar-refractivity contribution in [3.63, 3.8) is 0 Å². The van der Waals surface area contributed by atoms with Gasteiger partial charge in [-0.2, -0.15) is 0 Å². The Morgan fingerprint density at radius 2 is 1.45 bits per heavy atom. The second kappa shape index (κ2) is 4.49. The number of aromatic nitrogens is 1. The number of nitrogens with zero attached hydrogens (tertiary/aromatic N) is 2. The van der Waals surface area contributed by atoms with Gasteiger partial charge in [-0.15, -0.1) is 0 Å². The van der Waals surface area contributed by atoms with Crippen LogP contribution in [0.15, 0.2) is 54.6 Å². The van der Waals surface area contributed by atoms with Crippen molar-refractivity contribution < 1.29 is 9.59 Å². The normalized spacial score (nSPS) is 13.8. The molecule has 0 fully saturated rings. The zero-order chi connectivity index (χ0) is 15.3. The highest BCUT2D eigenvalue weighted by atomic mass is 16.2. The lowest BCUT2D eigenvalue weighted by Crippen LogP contribution is -2.29. The quantitative estimate of drug-likeness (QED) is 0.645. The number of anilines is 1. The van der Waals surface area contributed by atoms with Crippen LogP contribution >= 0.6 is 0 Å². The summed E-state index contributed by atoms with van der Waals surface area (Å²) in [5, 5.41) is 0.794. The summed E-state index contributed by atoms with van der Waals surface area (Å²) in [5.74, 6) is -0.562. The van der Waals surface area contributed by atoms with Crippen molar-refractivity contribution >= 4 is 28.4 Å². The summed E-state index contributed by atoms with van der Waals surface area (Å²) >= 11 is 0. The van der Waals surface area contributed by atoms with Crippen LogP contribution in [-0.4, -0.2) is 16.8 Å². The summed E-state index contributed by atoms with van der Waals surface area (Å²) in [6.07, 6.45) is 0. The molecule has 1 aromatic heterocycles. The number of pyridine rings is 1. The largest absolute Gasteiger partial charge is 0.268 e. The van der Waals surface area contributed by atoms with Crippen molar-refractivity contribution in [3.8, 4) is 0 Å². The minimum Gasteiger partial charge on any atom is -0.268 e. The number of carbonyl (C=O) groups excluding carboxylic acids is 2. The van der Waals surface area contributed by atoms with Gasteiger partial charge in [0.1, 0.15) is 0 Å². The Morgan fingerprint density at radius 3 is 2.14 bits per heavy atom. The van der Waals surface area contributed by atoms with Crippen LogP contribution in [0.4, 0.5) is 5.69 Å². The van der Waals surface area contributed by atoms with Crippen molar-refractivity contribution in [1.29, 1.82) is 0 Å². The molecule has 4 nitrogen and oxygen atoms in total. The molecule has 2 aromatic carbocycles. The minimum atomic E-state index is -0.281. The van der Waals surface area contributed by atoms with Gasteiger partial charge in [0.25, 0.3) is 11.8 Å². The van der Waals surface area contributed by atoms with Gasteiger partial charge in [-0.1, -0.05) is 30.3 Å². The lowest BCUT2D eigenvalue weighted by molar-refractivity contribution is 0.0926. The van der Waals surface area contributed by atoms with E-state index in [-0.39, 0.29) is 11.8 Å². The molecule has 22 heavy (non-hydrogen) atoms. The molecule has 0 saturated heterocycles. The van der Waals surface area contributed by atoms with Crippen molar-refractivity contribution in [2.75, 3.05) is 4.90 Å². The van der Waals surface area contributed by atoms with Crippen molar-refractivity contribution in [2.45, 2.75) is 6.92 Å². The van der Waals surface area contributed by atoms with Gasteiger partial charge in [-0.3, -0.25) is 14.6 Å². The van der Waals surface area contributed by atoms with E-state index in [0.29, 0.717) is 16.8 Å². The van der Waals surface area contributed by atoms with Gasteiger partial charge < -0.3 is 0 Å². The lowest BCUT2D eigenvalue weighted by atomic mass is 10.1. The van der Waals surface area contributed by atoms with Crippen molar-refractivity contribution in [2.24, 2.45) is 0 Å². The van der Waals surface area contributed by atoms with Gasteiger partial charge in [-0.25, -0.2) is 4.90 Å². The second-order valence-corrected chi connectivity index (χ2v) is 5.29. The number of hydrogen-bond acceptors (Lipinski definition) is 3. The average Bonchev–Trinajstić information content (AvgIpc) is 2.78. The molecule has 3 aromatic rings. The second-order valence-electron chi connectivity index (χ2n) is 5.29. The van der Waals surface area contributed by atoms with Crippen LogP contribution in [0.3, 0.4) is 0 Å². The first kappa shape index (κ1) is 12.7. The predicted molar refractivity (Wildman–Crippen MR) is 84.1 cm³/mol. The SMILES string of the molecule is Cc1cc(N2C(=O)c3ccccc3C2=O)c2ccccc2n1. The maximum Gasteiger partial charge on any atom is 0.266 e. The molecular weight excluding hydrogens is 276 g/mol. The Hall–Kier alpha value is -3.01. The van der Waals surface area contributed by atoms with Crippen molar-refractivity contribution in [3.05, 3.63) is 71.4 Å². The molecule has 0 radical (unpaired) electrons. The van der Waals surface area contributed by atoms with Crippen LogP contribution in [0.25, 0.3) is 10.9 Å². The van der Waals surface area contributed by atoms with Gasteiger partial charge in [0.2, 0.25) is 0 Å². The van der Waals surface area contributed by atoms with Crippen molar-refractivity contribution in [1.82, 2.24) is 4.98 Å². The number of carbonyl (C=O) groups is 2. The van der Waals surface area contributed by atoms with Crippen LogP contribution in [0, 0.1) is 6.92 Å². The van der Waals surface area contributed by atoms with Gasteiger partial charge in [-0.05, 0) is 31.2 Å². The van der Waals surface area contributed by atoms with E-state index in [4.69, 9.17) is 0 Å². The molecule has 2 amide bonds. The lowest BCUT2D eigenvalue weighted by Gasteiger charge is -2.17. The molecule has 106 valence electrons. The van der Waals surface area contributed by atoms with E-state index in [2.05, 4.69) is 4.98 Å². The monoisotopic (exact) mass is 288 g/mol. The highest BCUT2D eigenvalue weighted by Gasteiger charge is 2.37. The molecule has 0 unspecified atom stereocenters. The van der Waals surface area contributed by atoms with E-state index in [9.17, 15) is 9.59 Å². The maximum atomic E-state index is 12.6. The van der Waals surface area contributed by atoms with Crippen LogP contribution in [-0.2, 0) is 0 Å². The van der Waals surface area contributed by atoms with Gasteiger partial charge >= 0.3 is 0 Å². The van der Waals surface area contributed by atoms with Gasteiger partial charge in [0.05, 0.1) is 22.3 Å². The predicted octanol–water partition coefficient (Wildman–Crippen LogP) is 3.34. The Balaban J connectivity index is 1.98. The molecule has 2 heterocycles. The third-order valence-corrected chi connectivity index (χ3v) is 3.86. The number of fused-ring (bicyclic) bond motifs is 2. The average molecular weight is 288 g/mol. The number of aryl methyl sites for hydroxylation is 1. The molecule has 4 rings (SSSR count). The summed E-state index contributed by atoms with van der Waals surface area (Å²) in [6, 6.07) is 16.2. The topological polar surface area (TPSA) is 50.3 Å². The third kappa shape index (κ3) is 1.67.